The average Bonchev–Trinajstić information content (AvgIpc) is 3.00. The first kappa shape index (κ1) is 12.3. The topological polar surface area (TPSA) is 66.9 Å². The Morgan fingerprint density at radius 3 is 2.76 bits per heavy atom. The van der Waals surface area contributed by atoms with Gasteiger partial charge in [0.1, 0.15) is 11.6 Å². The quantitative estimate of drug-likeness (QED) is 0.776. The van der Waals surface area contributed by atoms with Gasteiger partial charge < -0.3 is 14.6 Å². The highest BCUT2D eigenvalue weighted by atomic mass is 16.5. The second kappa shape index (κ2) is 5.14. The standard InChI is InChI=1S/C15H15N5O/c1-2-14(20-5-7-21-8-6-20)17-9-11(1)15-18-12-3-4-16-10-13(12)19-15/h1-4,9-10H,5-8H2,(H,18,19). The maximum absolute atomic E-state index is 5.36. The number of morpholine rings is 1. The number of aromatic nitrogens is 4. The molecular weight excluding hydrogens is 266 g/mol. The second-order valence-electron chi connectivity index (χ2n) is 4.98. The van der Waals surface area contributed by atoms with E-state index in [1.54, 1.807) is 12.4 Å². The summed E-state index contributed by atoms with van der Waals surface area (Å²) in [6, 6.07) is 5.97. The lowest BCUT2D eigenvalue weighted by Crippen LogP contribution is -2.36. The molecule has 3 aromatic rings. The van der Waals surface area contributed by atoms with E-state index in [0.717, 1.165) is 54.5 Å². The van der Waals surface area contributed by atoms with E-state index in [9.17, 15) is 0 Å². The van der Waals surface area contributed by atoms with Crippen LogP contribution in [-0.2, 0) is 4.74 Å². The summed E-state index contributed by atoms with van der Waals surface area (Å²) in [6.45, 7) is 3.31. The van der Waals surface area contributed by atoms with Gasteiger partial charge >= 0.3 is 0 Å². The lowest BCUT2D eigenvalue weighted by Gasteiger charge is -2.27. The Labute approximate surface area is 121 Å². The number of anilines is 1. The summed E-state index contributed by atoms with van der Waals surface area (Å²) < 4.78 is 5.36. The molecule has 1 fully saturated rings. The van der Waals surface area contributed by atoms with E-state index in [-0.39, 0.29) is 0 Å². The summed E-state index contributed by atoms with van der Waals surface area (Å²) in [5.41, 5.74) is 2.82. The van der Waals surface area contributed by atoms with Crippen molar-refractivity contribution in [2.45, 2.75) is 0 Å². The van der Waals surface area contributed by atoms with E-state index in [0.29, 0.717) is 0 Å². The van der Waals surface area contributed by atoms with Crippen molar-refractivity contribution < 1.29 is 4.74 Å². The van der Waals surface area contributed by atoms with Crippen LogP contribution in [0.25, 0.3) is 22.4 Å². The van der Waals surface area contributed by atoms with Crippen molar-refractivity contribution in [3.63, 3.8) is 0 Å². The van der Waals surface area contributed by atoms with E-state index in [2.05, 4.69) is 24.8 Å². The van der Waals surface area contributed by atoms with E-state index in [1.165, 1.54) is 0 Å². The highest BCUT2D eigenvalue weighted by molar-refractivity contribution is 5.78. The highest BCUT2D eigenvalue weighted by Crippen LogP contribution is 2.21. The van der Waals surface area contributed by atoms with Gasteiger partial charge in [-0.25, -0.2) is 9.97 Å². The molecule has 6 heteroatoms. The molecule has 0 atom stereocenters. The molecule has 0 radical (unpaired) electrons. The van der Waals surface area contributed by atoms with Crippen LogP contribution in [0.2, 0.25) is 0 Å². The van der Waals surface area contributed by atoms with Gasteiger partial charge in [-0.2, -0.15) is 0 Å². The Bertz CT molecular complexity index is 713. The van der Waals surface area contributed by atoms with Crippen molar-refractivity contribution in [2.24, 2.45) is 0 Å². The molecule has 21 heavy (non-hydrogen) atoms. The number of imidazole rings is 1. The molecule has 1 aliphatic heterocycles. The molecule has 106 valence electrons. The van der Waals surface area contributed by atoms with Gasteiger partial charge in [0.05, 0.1) is 30.4 Å². The molecule has 1 saturated heterocycles. The number of nitrogens with zero attached hydrogens (tertiary/aromatic N) is 4. The molecule has 3 aromatic heterocycles. The molecule has 0 spiro atoms. The minimum absolute atomic E-state index is 0.764. The number of nitrogens with one attached hydrogen (secondary N) is 1. The molecule has 0 amide bonds. The van der Waals surface area contributed by atoms with Crippen molar-refractivity contribution in [1.82, 2.24) is 19.9 Å². The molecule has 0 unspecified atom stereocenters. The lowest BCUT2D eigenvalue weighted by molar-refractivity contribution is 0.122. The molecular formula is C15H15N5O. The number of hydrogen-bond donors (Lipinski definition) is 1. The zero-order chi connectivity index (χ0) is 14.1. The molecule has 0 saturated carbocycles. The summed E-state index contributed by atoms with van der Waals surface area (Å²) in [5, 5.41) is 0. The molecule has 0 aliphatic carbocycles. The first-order chi connectivity index (χ1) is 10.4. The number of hydrogen-bond acceptors (Lipinski definition) is 5. The van der Waals surface area contributed by atoms with E-state index in [4.69, 9.17) is 4.74 Å². The average molecular weight is 281 g/mol. The monoisotopic (exact) mass is 281 g/mol. The molecule has 0 aromatic carbocycles. The second-order valence-corrected chi connectivity index (χ2v) is 4.98. The van der Waals surface area contributed by atoms with Crippen LogP contribution in [0.1, 0.15) is 0 Å². The first-order valence-electron chi connectivity index (χ1n) is 6.99. The maximum atomic E-state index is 5.36. The number of aromatic amines is 1. The minimum Gasteiger partial charge on any atom is -0.378 e. The van der Waals surface area contributed by atoms with Gasteiger partial charge in [-0.05, 0) is 18.2 Å². The zero-order valence-electron chi connectivity index (χ0n) is 11.5. The fraction of sp³-hybridized carbons (Fsp3) is 0.267. The third kappa shape index (κ3) is 2.34. The minimum atomic E-state index is 0.764. The van der Waals surface area contributed by atoms with Crippen molar-refractivity contribution in [2.75, 3.05) is 31.2 Å². The summed E-state index contributed by atoms with van der Waals surface area (Å²) in [5.74, 6) is 1.80. The van der Waals surface area contributed by atoms with Gasteiger partial charge in [0.2, 0.25) is 0 Å². The number of pyridine rings is 2. The number of ether oxygens (including phenoxy) is 1. The molecule has 1 aliphatic rings. The largest absolute Gasteiger partial charge is 0.378 e. The molecule has 1 N–H and O–H groups in total. The lowest BCUT2D eigenvalue weighted by atomic mass is 10.2. The first-order valence-corrected chi connectivity index (χ1v) is 6.99. The van der Waals surface area contributed by atoms with Crippen LogP contribution in [0.5, 0.6) is 0 Å². The van der Waals surface area contributed by atoms with Crippen LogP contribution < -0.4 is 4.90 Å². The number of fused-ring (bicyclic) bond motifs is 1. The SMILES string of the molecule is c1cc2nc(-c3ccc(N4CCOCC4)nc3)[nH]c2cn1. The Morgan fingerprint density at radius 2 is 2.00 bits per heavy atom. The van der Waals surface area contributed by atoms with Crippen LogP contribution in [0, 0.1) is 0 Å². The summed E-state index contributed by atoms with van der Waals surface area (Å²) in [7, 11) is 0. The van der Waals surface area contributed by atoms with Crippen molar-refractivity contribution in [1.29, 1.82) is 0 Å². The Kier molecular flexibility index (Phi) is 3.01. The van der Waals surface area contributed by atoms with Gasteiger partial charge in [0.15, 0.2) is 0 Å². The fourth-order valence-electron chi connectivity index (χ4n) is 2.50. The Morgan fingerprint density at radius 1 is 1.10 bits per heavy atom. The Balaban J connectivity index is 1.63. The van der Waals surface area contributed by atoms with Crippen LogP contribution in [0.3, 0.4) is 0 Å². The Hall–Kier alpha value is -2.47. The molecule has 6 nitrogen and oxygen atoms in total. The van der Waals surface area contributed by atoms with E-state index in [1.807, 2.05) is 24.4 Å². The van der Waals surface area contributed by atoms with Crippen LogP contribution in [0.4, 0.5) is 5.82 Å². The highest BCUT2D eigenvalue weighted by Gasteiger charge is 2.13. The van der Waals surface area contributed by atoms with Gasteiger partial charge in [-0.3, -0.25) is 4.98 Å². The fourth-order valence-corrected chi connectivity index (χ4v) is 2.50. The molecule has 4 heterocycles. The third-order valence-corrected chi connectivity index (χ3v) is 3.64. The van der Waals surface area contributed by atoms with Crippen molar-refractivity contribution in [3.05, 3.63) is 36.8 Å². The van der Waals surface area contributed by atoms with Crippen molar-refractivity contribution in [3.8, 4) is 11.4 Å². The van der Waals surface area contributed by atoms with Crippen molar-refractivity contribution >= 4 is 16.9 Å². The smallest absolute Gasteiger partial charge is 0.140 e. The predicted molar refractivity (Wildman–Crippen MR) is 80.2 cm³/mol. The van der Waals surface area contributed by atoms with Gasteiger partial charge in [-0.1, -0.05) is 0 Å². The normalized spacial score (nSPS) is 15.5. The number of H-pyrrole nitrogens is 1. The zero-order valence-corrected chi connectivity index (χ0v) is 11.5. The predicted octanol–water partition coefficient (Wildman–Crippen LogP) is 1.86. The van der Waals surface area contributed by atoms with Crippen LogP contribution in [-0.4, -0.2) is 46.2 Å². The molecule has 0 bridgehead atoms. The molecule has 4 rings (SSSR count). The van der Waals surface area contributed by atoms with Crippen LogP contribution >= 0.6 is 0 Å². The van der Waals surface area contributed by atoms with E-state index < -0.39 is 0 Å². The summed E-state index contributed by atoms with van der Waals surface area (Å²) in [4.78, 5) is 18.7. The van der Waals surface area contributed by atoms with Gasteiger partial charge in [0, 0.05) is 31.0 Å². The van der Waals surface area contributed by atoms with Crippen LogP contribution in [0.15, 0.2) is 36.8 Å². The van der Waals surface area contributed by atoms with Gasteiger partial charge in [0.25, 0.3) is 0 Å². The third-order valence-electron chi connectivity index (χ3n) is 3.64. The van der Waals surface area contributed by atoms with Gasteiger partial charge in [-0.15, -0.1) is 0 Å². The summed E-state index contributed by atoms with van der Waals surface area (Å²) in [6.07, 6.45) is 5.38. The van der Waals surface area contributed by atoms with E-state index >= 15 is 0 Å². The number of rotatable bonds is 2. The maximum Gasteiger partial charge on any atom is 0.140 e. The summed E-state index contributed by atoms with van der Waals surface area (Å²) >= 11 is 0.